The number of fused-ring (bicyclic) bond motifs is 1. The molecule has 6 heteroatoms. The molecule has 0 bridgehead atoms. The molecule has 1 amide bonds. The minimum Gasteiger partial charge on any atom is -0.493 e. The van der Waals surface area contributed by atoms with Crippen molar-refractivity contribution >= 4 is 5.91 Å². The number of ether oxygens (including phenoxy) is 1. The molecule has 0 unspecified atom stereocenters. The van der Waals surface area contributed by atoms with Crippen LogP contribution in [0.25, 0.3) is 0 Å². The first kappa shape index (κ1) is 17.2. The summed E-state index contributed by atoms with van der Waals surface area (Å²) in [5.74, 6) is 0.773. The molecule has 25 heavy (non-hydrogen) atoms. The fourth-order valence-electron chi connectivity index (χ4n) is 2.83. The third-order valence-electron chi connectivity index (χ3n) is 4.29. The topological polar surface area (TPSA) is 84.1 Å². The van der Waals surface area contributed by atoms with Crippen LogP contribution in [0.2, 0.25) is 0 Å². The lowest BCUT2D eigenvalue weighted by Gasteiger charge is -2.25. The highest BCUT2D eigenvalue weighted by Gasteiger charge is 2.22. The van der Waals surface area contributed by atoms with Crippen molar-refractivity contribution in [3.8, 4) is 5.75 Å². The second-order valence-corrected chi connectivity index (χ2v) is 7.43. The van der Waals surface area contributed by atoms with Gasteiger partial charge in [0.1, 0.15) is 11.4 Å². The average Bonchev–Trinajstić information content (AvgIpc) is 2.58. The molecule has 0 radical (unpaired) electrons. The predicted molar refractivity (Wildman–Crippen MR) is 95.0 cm³/mol. The molecular weight excluding hydrogens is 318 g/mol. The van der Waals surface area contributed by atoms with Crippen LogP contribution in [0.4, 0.5) is 0 Å². The quantitative estimate of drug-likeness (QED) is 0.895. The zero-order valence-electron chi connectivity index (χ0n) is 14.8. The Bertz CT molecular complexity index is 836. The van der Waals surface area contributed by atoms with Gasteiger partial charge in [0.25, 0.3) is 5.91 Å². The molecule has 0 saturated heterocycles. The van der Waals surface area contributed by atoms with Crippen LogP contribution in [0.15, 0.2) is 35.1 Å². The molecule has 132 valence electrons. The summed E-state index contributed by atoms with van der Waals surface area (Å²) in [5.41, 5.74) is 1.21. The number of carbonyl (C=O) groups is 1. The van der Waals surface area contributed by atoms with Crippen molar-refractivity contribution in [1.82, 2.24) is 15.3 Å². The largest absolute Gasteiger partial charge is 0.493 e. The van der Waals surface area contributed by atoms with Crippen LogP contribution in [0.5, 0.6) is 5.75 Å². The maximum Gasteiger partial charge on any atom is 0.345 e. The molecule has 6 nitrogen and oxygen atoms in total. The van der Waals surface area contributed by atoms with Gasteiger partial charge in [-0.25, -0.2) is 4.79 Å². The Balaban J connectivity index is 1.66. The summed E-state index contributed by atoms with van der Waals surface area (Å²) in [6.45, 7) is 6.95. The zero-order valence-corrected chi connectivity index (χ0v) is 14.8. The number of nitrogens with one attached hydrogen (secondary N) is 2. The molecule has 1 aliphatic rings. The van der Waals surface area contributed by atoms with E-state index in [2.05, 4.69) is 15.3 Å². The van der Waals surface area contributed by atoms with Gasteiger partial charge in [0.2, 0.25) is 0 Å². The summed E-state index contributed by atoms with van der Waals surface area (Å²) >= 11 is 0. The van der Waals surface area contributed by atoms with Gasteiger partial charge in [-0.05, 0) is 24.1 Å². The number of benzene rings is 1. The zero-order chi connectivity index (χ0) is 18.0. The van der Waals surface area contributed by atoms with E-state index in [0.29, 0.717) is 18.8 Å². The summed E-state index contributed by atoms with van der Waals surface area (Å²) < 4.78 is 5.74. The molecule has 0 aliphatic carbocycles. The predicted octanol–water partition coefficient (Wildman–Crippen LogP) is 2.05. The standard InChI is InChI=1S/C19H23N3O3/c1-19(2,3)16-9-14(21-18(24)22-16)17(23)20-10-12-8-13-6-4-5-7-15(13)25-11-12/h4-7,9,12H,8,10-11H2,1-3H3,(H,20,23)(H,21,22,24)/t12-/m1/s1. The molecule has 0 spiro atoms. The molecule has 0 fully saturated rings. The normalized spacial score (nSPS) is 16.7. The van der Waals surface area contributed by atoms with Gasteiger partial charge in [-0.1, -0.05) is 39.0 Å². The van der Waals surface area contributed by atoms with E-state index in [1.165, 1.54) is 0 Å². The van der Waals surface area contributed by atoms with Crippen LogP contribution >= 0.6 is 0 Å². The SMILES string of the molecule is CC(C)(C)c1cc(C(=O)NC[C@@H]2COc3ccccc3C2)nc(=O)[nH]1. The van der Waals surface area contributed by atoms with Crippen molar-refractivity contribution in [1.29, 1.82) is 0 Å². The van der Waals surface area contributed by atoms with E-state index < -0.39 is 5.69 Å². The number of para-hydroxylation sites is 1. The average molecular weight is 341 g/mol. The number of H-pyrrole nitrogens is 1. The number of aromatic nitrogens is 2. The Labute approximate surface area is 146 Å². The van der Waals surface area contributed by atoms with Gasteiger partial charge < -0.3 is 15.0 Å². The van der Waals surface area contributed by atoms with E-state index >= 15 is 0 Å². The van der Waals surface area contributed by atoms with Gasteiger partial charge in [-0.2, -0.15) is 4.98 Å². The van der Waals surface area contributed by atoms with Gasteiger partial charge >= 0.3 is 5.69 Å². The minimum absolute atomic E-state index is 0.144. The summed E-state index contributed by atoms with van der Waals surface area (Å²) in [4.78, 5) is 30.6. The van der Waals surface area contributed by atoms with E-state index in [1.807, 2.05) is 45.0 Å². The van der Waals surface area contributed by atoms with Gasteiger partial charge in [0.05, 0.1) is 6.61 Å². The van der Waals surface area contributed by atoms with Crippen LogP contribution in [-0.4, -0.2) is 29.0 Å². The molecule has 1 aromatic heterocycles. The second-order valence-electron chi connectivity index (χ2n) is 7.43. The molecule has 2 heterocycles. The lowest BCUT2D eigenvalue weighted by atomic mass is 9.91. The summed E-state index contributed by atoms with van der Waals surface area (Å²) in [5, 5.41) is 2.87. The molecule has 2 N–H and O–H groups in total. The second kappa shape index (κ2) is 6.70. The Morgan fingerprint density at radius 2 is 2.12 bits per heavy atom. The van der Waals surface area contributed by atoms with Crippen molar-refractivity contribution in [3.05, 3.63) is 57.8 Å². The fourth-order valence-corrected chi connectivity index (χ4v) is 2.83. The smallest absolute Gasteiger partial charge is 0.345 e. The molecular formula is C19H23N3O3. The maximum absolute atomic E-state index is 12.4. The van der Waals surface area contributed by atoms with Crippen molar-refractivity contribution < 1.29 is 9.53 Å². The molecule has 1 aliphatic heterocycles. The van der Waals surface area contributed by atoms with Gasteiger partial charge in [0, 0.05) is 23.6 Å². The number of carbonyl (C=O) groups excluding carboxylic acids is 1. The number of aromatic amines is 1. The number of nitrogens with zero attached hydrogens (tertiary/aromatic N) is 1. The number of amides is 1. The minimum atomic E-state index is -0.507. The highest BCUT2D eigenvalue weighted by atomic mass is 16.5. The molecule has 1 atom stereocenters. The van der Waals surface area contributed by atoms with Crippen LogP contribution in [0.1, 0.15) is 42.5 Å². The first-order valence-electron chi connectivity index (χ1n) is 8.43. The van der Waals surface area contributed by atoms with Crippen LogP contribution < -0.4 is 15.7 Å². The number of hydrogen-bond acceptors (Lipinski definition) is 4. The van der Waals surface area contributed by atoms with Crippen molar-refractivity contribution in [2.24, 2.45) is 5.92 Å². The summed E-state index contributed by atoms with van der Waals surface area (Å²) in [7, 11) is 0. The van der Waals surface area contributed by atoms with Crippen LogP contribution in [-0.2, 0) is 11.8 Å². The van der Waals surface area contributed by atoms with E-state index in [1.54, 1.807) is 6.07 Å². The number of hydrogen-bond donors (Lipinski definition) is 2. The van der Waals surface area contributed by atoms with Crippen molar-refractivity contribution in [3.63, 3.8) is 0 Å². The van der Waals surface area contributed by atoms with Gasteiger partial charge in [-0.3, -0.25) is 4.79 Å². The first-order chi connectivity index (χ1) is 11.8. The first-order valence-corrected chi connectivity index (χ1v) is 8.43. The van der Waals surface area contributed by atoms with Crippen molar-refractivity contribution in [2.75, 3.05) is 13.2 Å². The lowest BCUT2D eigenvalue weighted by Crippen LogP contribution is -2.36. The van der Waals surface area contributed by atoms with E-state index in [-0.39, 0.29) is 22.9 Å². The van der Waals surface area contributed by atoms with Crippen LogP contribution in [0.3, 0.4) is 0 Å². The molecule has 1 aromatic carbocycles. The monoisotopic (exact) mass is 341 g/mol. The van der Waals surface area contributed by atoms with E-state index in [0.717, 1.165) is 17.7 Å². The highest BCUT2D eigenvalue weighted by Crippen LogP contribution is 2.26. The Morgan fingerprint density at radius 1 is 1.36 bits per heavy atom. The van der Waals surface area contributed by atoms with Crippen LogP contribution in [0, 0.1) is 5.92 Å². The maximum atomic E-state index is 12.4. The van der Waals surface area contributed by atoms with E-state index in [9.17, 15) is 9.59 Å². The summed E-state index contributed by atoms with van der Waals surface area (Å²) in [6, 6.07) is 9.57. The Morgan fingerprint density at radius 3 is 2.88 bits per heavy atom. The third kappa shape index (κ3) is 4.07. The third-order valence-corrected chi connectivity index (χ3v) is 4.29. The Kier molecular flexibility index (Phi) is 4.61. The fraction of sp³-hybridized carbons (Fsp3) is 0.421. The van der Waals surface area contributed by atoms with Crippen molar-refractivity contribution in [2.45, 2.75) is 32.6 Å². The molecule has 0 saturated carbocycles. The van der Waals surface area contributed by atoms with Gasteiger partial charge in [0.15, 0.2) is 0 Å². The van der Waals surface area contributed by atoms with E-state index in [4.69, 9.17) is 4.74 Å². The lowest BCUT2D eigenvalue weighted by molar-refractivity contribution is 0.0933. The van der Waals surface area contributed by atoms with Gasteiger partial charge in [-0.15, -0.1) is 0 Å². The Hall–Kier alpha value is -2.63. The molecule has 2 aromatic rings. The summed E-state index contributed by atoms with van der Waals surface area (Å²) in [6.07, 6.45) is 0.854. The number of rotatable bonds is 3. The molecule has 3 rings (SSSR count). The highest BCUT2D eigenvalue weighted by molar-refractivity contribution is 5.92.